The molecule has 0 unspecified atom stereocenters. The molecule has 4 rings (SSSR count). The van der Waals surface area contributed by atoms with Crippen LogP contribution in [0, 0.1) is 0 Å². The summed E-state index contributed by atoms with van der Waals surface area (Å²) in [7, 11) is 1.73. The molecule has 0 saturated heterocycles. The minimum absolute atomic E-state index is 0.0914. The van der Waals surface area contributed by atoms with E-state index in [9.17, 15) is 18.0 Å². The lowest BCUT2D eigenvalue weighted by atomic mass is 10.1. The Bertz CT molecular complexity index is 1230. The van der Waals surface area contributed by atoms with Gasteiger partial charge in [-0.05, 0) is 18.2 Å². The molecule has 1 N–H and O–H groups in total. The number of benzene rings is 1. The summed E-state index contributed by atoms with van der Waals surface area (Å²) >= 11 is 5.85. The fourth-order valence-corrected chi connectivity index (χ4v) is 3.02. The number of halogens is 4. The third kappa shape index (κ3) is 3.99. The number of carbonyl (C=O) groups is 1. The van der Waals surface area contributed by atoms with E-state index in [0.717, 1.165) is 11.6 Å². The predicted octanol–water partition coefficient (Wildman–Crippen LogP) is 3.73. The number of aromatic nitrogens is 5. The number of carbonyl (C=O) groups excluding carboxylic acids is 1. The SMILES string of the molecule is Cn1cc(CNC(=O)c2cc3nc(-c4ccc(Cl)cc4)cc(C(F)(F)F)n3n2)cn1. The third-order valence-electron chi connectivity index (χ3n) is 4.30. The van der Waals surface area contributed by atoms with Crippen LogP contribution in [0.3, 0.4) is 0 Å². The van der Waals surface area contributed by atoms with Crippen molar-refractivity contribution in [2.24, 2.45) is 7.05 Å². The fourth-order valence-electron chi connectivity index (χ4n) is 2.89. The van der Waals surface area contributed by atoms with Crippen LogP contribution < -0.4 is 5.32 Å². The zero-order chi connectivity index (χ0) is 21.5. The summed E-state index contributed by atoms with van der Waals surface area (Å²) < 4.78 is 43.1. The molecule has 0 bridgehead atoms. The lowest BCUT2D eigenvalue weighted by Gasteiger charge is -2.11. The Morgan fingerprint density at radius 3 is 2.57 bits per heavy atom. The van der Waals surface area contributed by atoms with E-state index in [4.69, 9.17) is 11.6 Å². The van der Waals surface area contributed by atoms with Gasteiger partial charge in [-0.15, -0.1) is 0 Å². The fraction of sp³-hybridized carbons (Fsp3) is 0.158. The maximum Gasteiger partial charge on any atom is 0.433 e. The molecule has 30 heavy (non-hydrogen) atoms. The van der Waals surface area contributed by atoms with Gasteiger partial charge in [0.15, 0.2) is 17.0 Å². The van der Waals surface area contributed by atoms with Crippen molar-refractivity contribution in [2.75, 3.05) is 0 Å². The average molecular weight is 435 g/mol. The molecular weight excluding hydrogens is 421 g/mol. The van der Waals surface area contributed by atoms with Crippen molar-refractivity contribution < 1.29 is 18.0 Å². The Morgan fingerprint density at radius 2 is 1.93 bits per heavy atom. The molecular formula is C19H14ClF3N6O. The van der Waals surface area contributed by atoms with Crippen LogP contribution in [0.5, 0.6) is 0 Å². The van der Waals surface area contributed by atoms with Crippen LogP contribution in [-0.2, 0) is 19.8 Å². The number of alkyl halides is 3. The van der Waals surface area contributed by atoms with Gasteiger partial charge in [-0.3, -0.25) is 9.48 Å². The van der Waals surface area contributed by atoms with Gasteiger partial charge in [-0.25, -0.2) is 9.50 Å². The first-order chi connectivity index (χ1) is 14.2. The minimum atomic E-state index is -4.70. The van der Waals surface area contributed by atoms with E-state index in [1.165, 1.54) is 6.07 Å². The molecule has 0 aliphatic rings. The van der Waals surface area contributed by atoms with E-state index >= 15 is 0 Å². The number of nitrogens with one attached hydrogen (secondary N) is 1. The third-order valence-corrected chi connectivity index (χ3v) is 4.55. The maximum atomic E-state index is 13.6. The second-order valence-corrected chi connectivity index (χ2v) is 6.97. The highest BCUT2D eigenvalue weighted by Crippen LogP contribution is 2.32. The Balaban J connectivity index is 1.71. The Hall–Kier alpha value is -3.40. The number of amides is 1. The highest BCUT2D eigenvalue weighted by molar-refractivity contribution is 6.30. The molecule has 0 fully saturated rings. The molecule has 0 aliphatic carbocycles. The van der Waals surface area contributed by atoms with Crippen molar-refractivity contribution >= 4 is 23.2 Å². The van der Waals surface area contributed by atoms with E-state index in [-0.39, 0.29) is 23.6 Å². The molecule has 3 heterocycles. The molecule has 0 atom stereocenters. The standard InChI is InChI=1S/C19H14ClF3N6O/c1-28-10-11(9-25-28)8-24-18(30)15-7-17-26-14(12-2-4-13(20)5-3-12)6-16(19(21,22)23)29(17)27-15/h2-7,9-10H,8H2,1H3,(H,24,30). The minimum Gasteiger partial charge on any atom is -0.346 e. The van der Waals surface area contributed by atoms with E-state index in [1.807, 2.05) is 0 Å². The largest absolute Gasteiger partial charge is 0.433 e. The predicted molar refractivity (Wildman–Crippen MR) is 103 cm³/mol. The topological polar surface area (TPSA) is 77.1 Å². The molecule has 0 spiro atoms. The van der Waals surface area contributed by atoms with Crippen molar-refractivity contribution in [3.63, 3.8) is 0 Å². The summed E-state index contributed by atoms with van der Waals surface area (Å²) in [5.74, 6) is -0.620. The molecule has 154 valence electrons. The quantitative estimate of drug-likeness (QED) is 0.531. The summed E-state index contributed by atoms with van der Waals surface area (Å²) in [6, 6.07) is 8.36. The van der Waals surface area contributed by atoms with Crippen LogP contribution in [0.25, 0.3) is 16.9 Å². The van der Waals surface area contributed by atoms with Gasteiger partial charge in [0, 0.05) is 42.0 Å². The Morgan fingerprint density at radius 1 is 1.20 bits per heavy atom. The molecule has 1 aromatic carbocycles. The molecule has 0 radical (unpaired) electrons. The second-order valence-electron chi connectivity index (χ2n) is 6.54. The van der Waals surface area contributed by atoms with Gasteiger partial charge in [0.05, 0.1) is 11.9 Å². The van der Waals surface area contributed by atoms with E-state index in [2.05, 4.69) is 20.5 Å². The number of hydrogen-bond acceptors (Lipinski definition) is 4. The van der Waals surface area contributed by atoms with Gasteiger partial charge in [-0.2, -0.15) is 23.4 Å². The van der Waals surface area contributed by atoms with Crippen LogP contribution in [0.4, 0.5) is 13.2 Å². The molecule has 11 heteroatoms. The average Bonchev–Trinajstić information content (AvgIpc) is 3.31. The first-order valence-electron chi connectivity index (χ1n) is 8.70. The summed E-state index contributed by atoms with van der Waals surface area (Å²) in [6.07, 6.45) is -1.41. The summed E-state index contributed by atoms with van der Waals surface area (Å²) in [6.45, 7) is 0.163. The van der Waals surface area contributed by atoms with Crippen molar-refractivity contribution in [1.82, 2.24) is 29.7 Å². The van der Waals surface area contributed by atoms with Gasteiger partial charge < -0.3 is 5.32 Å². The first-order valence-corrected chi connectivity index (χ1v) is 9.08. The smallest absolute Gasteiger partial charge is 0.346 e. The van der Waals surface area contributed by atoms with Crippen LogP contribution in [0.2, 0.25) is 5.02 Å². The number of hydrogen-bond donors (Lipinski definition) is 1. The van der Waals surface area contributed by atoms with Crippen LogP contribution in [-0.4, -0.2) is 30.3 Å². The van der Waals surface area contributed by atoms with Crippen LogP contribution in [0.15, 0.2) is 48.8 Å². The lowest BCUT2D eigenvalue weighted by molar-refractivity contribution is -0.142. The van der Waals surface area contributed by atoms with Crippen molar-refractivity contribution in [3.05, 3.63) is 70.8 Å². The van der Waals surface area contributed by atoms with Crippen LogP contribution in [0.1, 0.15) is 21.7 Å². The summed E-state index contributed by atoms with van der Waals surface area (Å²) in [5, 5.41) is 10.9. The van der Waals surface area contributed by atoms with Crippen LogP contribution >= 0.6 is 11.6 Å². The Labute approximate surface area is 173 Å². The second kappa shape index (κ2) is 7.45. The number of rotatable bonds is 4. The highest BCUT2D eigenvalue weighted by atomic mass is 35.5. The molecule has 1 amide bonds. The molecule has 0 aliphatic heterocycles. The normalized spacial score (nSPS) is 11.8. The van der Waals surface area contributed by atoms with Crippen molar-refractivity contribution in [3.8, 4) is 11.3 Å². The zero-order valence-corrected chi connectivity index (χ0v) is 16.2. The first kappa shape index (κ1) is 19.9. The Kier molecular flexibility index (Phi) is 4.94. The molecule has 0 saturated carbocycles. The lowest BCUT2D eigenvalue weighted by Crippen LogP contribution is -2.23. The monoisotopic (exact) mass is 434 g/mol. The maximum absolute atomic E-state index is 13.6. The van der Waals surface area contributed by atoms with Gasteiger partial charge in [0.2, 0.25) is 0 Å². The van der Waals surface area contributed by atoms with Gasteiger partial charge >= 0.3 is 6.18 Å². The highest BCUT2D eigenvalue weighted by Gasteiger charge is 2.35. The van der Waals surface area contributed by atoms with Crippen molar-refractivity contribution in [1.29, 1.82) is 0 Å². The van der Waals surface area contributed by atoms with Gasteiger partial charge in [-0.1, -0.05) is 23.7 Å². The summed E-state index contributed by atoms with van der Waals surface area (Å²) in [5.41, 5.74) is -0.0196. The van der Waals surface area contributed by atoms with E-state index in [1.54, 1.807) is 48.4 Å². The zero-order valence-electron chi connectivity index (χ0n) is 15.5. The molecule has 3 aromatic heterocycles. The molecule has 4 aromatic rings. The van der Waals surface area contributed by atoms with E-state index in [0.29, 0.717) is 15.1 Å². The number of aryl methyl sites for hydroxylation is 1. The van der Waals surface area contributed by atoms with Gasteiger partial charge in [0.1, 0.15) is 0 Å². The van der Waals surface area contributed by atoms with Crippen molar-refractivity contribution in [2.45, 2.75) is 12.7 Å². The summed E-state index contributed by atoms with van der Waals surface area (Å²) in [4.78, 5) is 16.6. The number of nitrogens with zero attached hydrogens (tertiary/aromatic N) is 5. The number of fused-ring (bicyclic) bond motifs is 1. The molecule has 7 nitrogen and oxygen atoms in total. The van der Waals surface area contributed by atoms with E-state index < -0.39 is 17.8 Å². The van der Waals surface area contributed by atoms with Gasteiger partial charge in [0.25, 0.3) is 5.91 Å².